The van der Waals surface area contributed by atoms with E-state index >= 15 is 0 Å². The van der Waals surface area contributed by atoms with Crippen LogP contribution in [0.4, 0.5) is 5.82 Å². The number of nitrogens with one attached hydrogen (secondary N) is 1. The van der Waals surface area contributed by atoms with Crippen LogP contribution in [0.1, 0.15) is 5.69 Å². The number of hydrogen-bond acceptors (Lipinski definition) is 6. The first-order valence-corrected chi connectivity index (χ1v) is 8.85. The first-order valence-electron chi connectivity index (χ1n) is 7.00. The molecule has 1 atom stereocenters. The zero-order valence-corrected chi connectivity index (χ0v) is 13.6. The van der Waals surface area contributed by atoms with E-state index in [1.807, 2.05) is 25.1 Å². The van der Waals surface area contributed by atoms with E-state index in [9.17, 15) is 8.42 Å². The fraction of sp³-hybridized carbons (Fsp3) is 0.692. The van der Waals surface area contributed by atoms with Gasteiger partial charge in [-0.1, -0.05) is 0 Å². The second-order valence-electron chi connectivity index (χ2n) is 5.66. The molecule has 1 aromatic heterocycles. The number of nitrogens with zero attached hydrogens (tertiary/aromatic N) is 4. The summed E-state index contributed by atoms with van der Waals surface area (Å²) < 4.78 is 25.0. The molecular weight excluding hydrogens is 290 g/mol. The Morgan fingerprint density at radius 3 is 2.86 bits per heavy atom. The Labute approximate surface area is 126 Å². The van der Waals surface area contributed by atoms with Crippen LogP contribution in [-0.2, 0) is 16.4 Å². The predicted octanol–water partition coefficient (Wildman–Crippen LogP) is -0.434. The molecule has 1 fully saturated rings. The lowest BCUT2D eigenvalue weighted by molar-refractivity contribution is 0.376. The number of hydrogen-bond donors (Lipinski definition) is 1. The van der Waals surface area contributed by atoms with Gasteiger partial charge in [-0.2, -0.15) is 0 Å². The first kappa shape index (κ1) is 16.1. The minimum Gasteiger partial charge on any atom is -0.363 e. The van der Waals surface area contributed by atoms with Gasteiger partial charge in [-0.25, -0.2) is 22.7 Å². The fourth-order valence-electron chi connectivity index (χ4n) is 2.43. The van der Waals surface area contributed by atoms with Crippen LogP contribution in [0, 0.1) is 5.92 Å². The van der Waals surface area contributed by atoms with E-state index in [4.69, 9.17) is 0 Å². The number of sulfonamides is 1. The molecule has 2 rings (SSSR count). The third-order valence-corrected chi connectivity index (χ3v) is 4.84. The lowest BCUT2D eigenvalue weighted by Crippen LogP contribution is -2.35. The summed E-state index contributed by atoms with van der Waals surface area (Å²) in [6.45, 7) is 2.55. The van der Waals surface area contributed by atoms with E-state index in [2.05, 4.69) is 15.3 Å². The Morgan fingerprint density at radius 1 is 1.43 bits per heavy atom. The maximum absolute atomic E-state index is 11.7. The van der Waals surface area contributed by atoms with Crippen molar-refractivity contribution in [3.63, 3.8) is 0 Å². The van der Waals surface area contributed by atoms with E-state index in [0.29, 0.717) is 19.6 Å². The monoisotopic (exact) mass is 313 g/mol. The maximum atomic E-state index is 11.7. The Balaban J connectivity index is 2.09. The van der Waals surface area contributed by atoms with Crippen LogP contribution >= 0.6 is 0 Å². The minimum atomic E-state index is -3.14. The molecule has 1 aromatic rings. The largest absolute Gasteiger partial charge is 0.363 e. The molecule has 1 N–H and O–H groups in total. The normalized spacial score (nSPS) is 21.0. The van der Waals surface area contributed by atoms with E-state index < -0.39 is 10.0 Å². The zero-order chi connectivity index (χ0) is 15.5. The highest BCUT2D eigenvalue weighted by Crippen LogP contribution is 2.15. The Hall–Kier alpha value is -1.25. The summed E-state index contributed by atoms with van der Waals surface area (Å²) in [6.07, 6.45) is 3.57. The molecule has 8 heteroatoms. The summed E-state index contributed by atoms with van der Waals surface area (Å²) in [7, 11) is 0.727. The van der Waals surface area contributed by atoms with Gasteiger partial charge in [0.25, 0.3) is 0 Å². The van der Waals surface area contributed by atoms with Crippen LogP contribution in [0.15, 0.2) is 12.4 Å². The van der Waals surface area contributed by atoms with Crippen molar-refractivity contribution in [1.82, 2.24) is 19.6 Å². The van der Waals surface area contributed by atoms with Crippen LogP contribution in [0.25, 0.3) is 0 Å². The van der Waals surface area contributed by atoms with Crippen molar-refractivity contribution in [3.05, 3.63) is 18.1 Å². The topological polar surface area (TPSA) is 78.4 Å². The SMILES string of the molecule is CN(C)c1cc(C[C@H]2CNCCN(S(C)(=O)=O)C2)ncn1. The van der Waals surface area contributed by atoms with Crippen molar-refractivity contribution in [2.75, 3.05) is 51.4 Å². The van der Waals surface area contributed by atoms with Gasteiger partial charge in [-0.15, -0.1) is 0 Å². The Kier molecular flexibility index (Phi) is 5.13. The van der Waals surface area contributed by atoms with Gasteiger partial charge in [0, 0.05) is 45.5 Å². The van der Waals surface area contributed by atoms with Gasteiger partial charge in [0.2, 0.25) is 10.0 Å². The summed E-state index contributed by atoms with van der Waals surface area (Å²) in [5.74, 6) is 1.08. The molecule has 0 radical (unpaired) electrons. The van der Waals surface area contributed by atoms with Crippen LogP contribution < -0.4 is 10.2 Å². The molecule has 0 saturated carbocycles. The summed E-state index contributed by atoms with van der Waals surface area (Å²) in [5, 5.41) is 3.30. The van der Waals surface area contributed by atoms with Gasteiger partial charge in [-0.3, -0.25) is 0 Å². The zero-order valence-electron chi connectivity index (χ0n) is 12.8. The fourth-order valence-corrected chi connectivity index (χ4v) is 3.33. The third-order valence-electron chi connectivity index (χ3n) is 3.57. The minimum absolute atomic E-state index is 0.215. The molecular formula is C13H23N5O2S. The highest BCUT2D eigenvalue weighted by atomic mass is 32.2. The van der Waals surface area contributed by atoms with Gasteiger partial charge in [0.1, 0.15) is 12.1 Å². The van der Waals surface area contributed by atoms with Gasteiger partial charge in [-0.05, 0) is 18.9 Å². The lowest BCUT2D eigenvalue weighted by Gasteiger charge is -2.21. The summed E-state index contributed by atoms with van der Waals surface area (Å²) in [5.41, 5.74) is 0.941. The van der Waals surface area contributed by atoms with Gasteiger partial charge >= 0.3 is 0 Å². The van der Waals surface area contributed by atoms with Crippen molar-refractivity contribution >= 4 is 15.8 Å². The highest BCUT2D eigenvalue weighted by molar-refractivity contribution is 7.88. The van der Waals surface area contributed by atoms with E-state index in [0.717, 1.165) is 24.5 Å². The third kappa shape index (κ3) is 4.62. The number of anilines is 1. The highest BCUT2D eigenvalue weighted by Gasteiger charge is 2.24. The van der Waals surface area contributed by atoms with Gasteiger partial charge in [0.15, 0.2) is 0 Å². The van der Waals surface area contributed by atoms with Crippen molar-refractivity contribution < 1.29 is 8.42 Å². The van der Waals surface area contributed by atoms with E-state index in [1.54, 1.807) is 10.6 Å². The van der Waals surface area contributed by atoms with E-state index in [1.165, 1.54) is 6.26 Å². The quantitative estimate of drug-likeness (QED) is 0.812. The molecule has 0 amide bonds. The molecule has 0 spiro atoms. The molecule has 2 heterocycles. The maximum Gasteiger partial charge on any atom is 0.211 e. The molecule has 0 aromatic carbocycles. The Bertz CT molecular complexity index is 576. The van der Waals surface area contributed by atoms with Crippen molar-refractivity contribution in [1.29, 1.82) is 0 Å². The smallest absolute Gasteiger partial charge is 0.211 e. The number of aromatic nitrogens is 2. The summed E-state index contributed by atoms with van der Waals surface area (Å²) in [6, 6.07) is 1.95. The van der Waals surface area contributed by atoms with Gasteiger partial charge in [0.05, 0.1) is 6.26 Å². The molecule has 1 aliphatic rings. The predicted molar refractivity (Wildman–Crippen MR) is 82.8 cm³/mol. The second kappa shape index (κ2) is 6.67. The molecule has 21 heavy (non-hydrogen) atoms. The Morgan fingerprint density at radius 2 is 2.19 bits per heavy atom. The van der Waals surface area contributed by atoms with Crippen molar-refractivity contribution in [2.24, 2.45) is 5.92 Å². The van der Waals surface area contributed by atoms with Crippen molar-refractivity contribution in [3.8, 4) is 0 Å². The molecule has 118 valence electrons. The van der Waals surface area contributed by atoms with Gasteiger partial charge < -0.3 is 10.2 Å². The summed E-state index contributed by atoms with van der Waals surface area (Å²) >= 11 is 0. The molecule has 0 bridgehead atoms. The molecule has 1 saturated heterocycles. The molecule has 0 unspecified atom stereocenters. The second-order valence-corrected chi connectivity index (χ2v) is 7.64. The lowest BCUT2D eigenvalue weighted by atomic mass is 10.0. The molecule has 1 aliphatic heterocycles. The van der Waals surface area contributed by atoms with Crippen LogP contribution in [0.3, 0.4) is 0 Å². The standard InChI is InChI=1S/C13H23N5O2S/c1-17(2)13-7-12(15-10-16-13)6-11-8-14-4-5-18(9-11)21(3,19)20/h7,10-11,14H,4-6,8-9H2,1-3H3/t11-/m0/s1. The summed E-state index contributed by atoms with van der Waals surface area (Å²) in [4.78, 5) is 10.4. The van der Waals surface area contributed by atoms with Crippen LogP contribution in [-0.4, -0.2) is 69.2 Å². The van der Waals surface area contributed by atoms with Crippen LogP contribution in [0.2, 0.25) is 0 Å². The van der Waals surface area contributed by atoms with Crippen molar-refractivity contribution in [2.45, 2.75) is 6.42 Å². The average molecular weight is 313 g/mol. The van der Waals surface area contributed by atoms with Crippen LogP contribution in [0.5, 0.6) is 0 Å². The molecule has 0 aliphatic carbocycles. The average Bonchev–Trinajstić information content (AvgIpc) is 2.64. The number of rotatable bonds is 4. The first-order chi connectivity index (χ1) is 9.86. The molecule has 7 nitrogen and oxygen atoms in total. The van der Waals surface area contributed by atoms with E-state index in [-0.39, 0.29) is 5.92 Å².